The molecule has 11 nitrogen and oxygen atoms in total. The fourth-order valence-electron chi connectivity index (χ4n) is 6.21. The standard InChI is InChI=1S/C37H50O11/c1-2-3-4-5-6-7-8-9-10-11-12-13-14-15-30(41)46-22-29-33(42)35(44)36(45)37(48-29)32-26(40)21-28-31(34(32)43)25(39)20-27(47-28)23-16-18-24(38)19-17-23/h16-21,29,33,35-38,40,42-45H,2-15,22H2,1H3/t29-,33-,35+,36-,37+/m1/s1. The maximum absolute atomic E-state index is 13.1. The highest BCUT2D eigenvalue weighted by Crippen LogP contribution is 2.44. The van der Waals surface area contributed by atoms with Crippen molar-refractivity contribution in [2.45, 2.75) is 127 Å². The van der Waals surface area contributed by atoms with Gasteiger partial charge in [0.25, 0.3) is 0 Å². The molecule has 11 heteroatoms. The number of esters is 1. The Bertz CT molecular complexity index is 1520. The molecular weight excluding hydrogens is 620 g/mol. The molecule has 1 aliphatic rings. The number of aliphatic hydroxyl groups is 3. The van der Waals surface area contributed by atoms with Gasteiger partial charge in [0.15, 0.2) is 5.43 Å². The molecular formula is C37H50O11. The second-order valence-electron chi connectivity index (χ2n) is 12.8. The first-order valence-corrected chi connectivity index (χ1v) is 17.3. The van der Waals surface area contributed by atoms with Crippen LogP contribution in [0.25, 0.3) is 22.3 Å². The fraction of sp³-hybridized carbons (Fsp3) is 0.568. The molecule has 5 atom stereocenters. The highest BCUT2D eigenvalue weighted by molar-refractivity contribution is 5.88. The summed E-state index contributed by atoms with van der Waals surface area (Å²) >= 11 is 0. The van der Waals surface area contributed by atoms with Gasteiger partial charge in [-0.05, 0) is 30.7 Å². The normalized spacial score (nSPS) is 21.0. The van der Waals surface area contributed by atoms with Crippen LogP contribution in [0.5, 0.6) is 17.2 Å². The Balaban J connectivity index is 1.29. The number of aliphatic hydroxyl groups excluding tert-OH is 3. The number of carbonyl (C=O) groups is 1. The van der Waals surface area contributed by atoms with Crippen LogP contribution in [0.4, 0.5) is 0 Å². The van der Waals surface area contributed by atoms with E-state index in [1.54, 1.807) is 0 Å². The number of hydrogen-bond donors (Lipinski definition) is 6. The van der Waals surface area contributed by atoms with Crippen molar-refractivity contribution in [3.8, 4) is 28.6 Å². The van der Waals surface area contributed by atoms with Gasteiger partial charge in [-0.1, -0.05) is 84.0 Å². The first-order valence-electron chi connectivity index (χ1n) is 17.3. The first kappa shape index (κ1) is 37.2. The maximum Gasteiger partial charge on any atom is 0.305 e. The molecule has 3 aromatic rings. The van der Waals surface area contributed by atoms with Crippen molar-refractivity contribution in [1.29, 1.82) is 0 Å². The molecule has 2 heterocycles. The van der Waals surface area contributed by atoms with Crippen LogP contribution < -0.4 is 5.43 Å². The zero-order valence-corrected chi connectivity index (χ0v) is 27.7. The fourth-order valence-corrected chi connectivity index (χ4v) is 6.21. The van der Waals surface area contributed by atoms with Crippen LogP contribution in [-0.4, -0.2) is 67.6 Å². The van der Waals surface area contributed by atoms with Gasteiger partial charge in [-0.25, -0.2) is 0 Å². The van der Waals surface area contributed by atoms with E-state index in [1.165, 1.54) is 82.1 Å². The lowest BCUT2D eigenvalue weighted by Crippen LogP contribution is -2.55. The Morgan fingerprint density at radius 1 is 0.771 bits per heavy atom. The second kappa shape index (κ2) is 18.2. The summed E-state index contributed by atoms with van der Waals surface area (Å²) in [5.41, 5.74) is -0.755. The zero-order chi connectivity index (χ0) is 34.6. The molecule has 1 fully saturated rings. The number of carbonyl (C=O) groups excluding carboxylic acids is 1. The molecule has 48 heavy (non-hydrogen) atoms. The molecule has 0 spiro atoms. The molecule has 2 aromatic carbocycles. The summed E-state index contributed by atoms with van der Waals surface area (Å²) in [6.45, 7) is 1.79. The minimum Gasteiger partial charge on any atom is -0.508 e. The first-order chi connectivity index (χ1) is 23.1. The molecule has 0 amide bonds. The lowest BCUT2D eigenvalue weighted by Gasteiger charge is -2.40. The van der Waals surface area contributed by atoms with E-state index in [0.29, 0.717) is 12.0 Å². The Morgan fingerprint density at radius 2 is 1.35 bits per heavy atom. The SMILES string of the molecule is CCCCCCCCCCCCCCCC(=O)OC[C@H]1O[C@@H](c2c(O)cc3oc(-c4ccc(O)cc4)cc(=O)c3c2O)[C@H](O)[C@@H](O)[C@@H]1O. The van der Waals surface area contributed by atoms with Crippen LogP contribution >= 0.6 is 0 Å². The Kier molecular flexibility index (Phi) is 14.1. The quantitative estimate of drug-likeness (QED) is 0.0676. The zero-order valence-electron chi connectivity index (χ0n) is 27.7. The summed E-state index contributed by atoms with van der Waals surface area (Å²) in [7, 11) is 0. The minimum absolute atomic E-state index is 0.0167. The smallest absolute Gasteiger partial charge is 0.305 e. The van der Waals surface area contributed by atoms with E-state index in [2.05, 4.69) is 6.92 Å². The van der Waals surface area contributed by atoms with Crippen molar-refractivity contribution in [3.05, 3.63) is 52.2 Å². The van der Waals surface area contributed by atoms with E-state index >= 15 is 0 Å². The van der Waals surface area contributed by atoms with Gasteiger partial charge in [0.05, 0.1) is 5.56 Å². The van der Waals surface area contributed by atoms with E-state index < -0.39 is 65.6 Å². The van der Waals surface area contributed by atoms with Crippen molar-refractivity contribution in [2.75, 3.05) is 6.61 Å². The van der Waals surface area contributed by atoms with Crippen LogP contribution in [-0.2, 0) is 14.3 Å². The van der Waals surface area contributed by atoms with E-state index in [-0.39, 0.29) is 28.9 Å². The van der Waals surface area contributed by atoms with Crippen molar-refractivity contribution in [2.24, 2.45) is 0 Å². The number of fused-ring (bicyclic) bond motifs is 1. The lowest BCUT2D eigenvalue weighted by atomic mass is 9.89. The highest BCUT2D eigenvalue weighted by Gasteiger charge is 2.46. The topological polar surface area (TPSA) is 187 Å². The third-order valence-corrected chi connectivity index (χ3v) is 9.05. The number of phenols is 3. The molecule has 1 saturated heterocycles. The lowest BCUT2D eigenvalue weighted by molar-refractivity contribution is -0.235. The summed E-state index contributed by atoms with van der Waals surface area (Å²) in [5, 5.41) is 63.2. The predicted octanol–water partition coefficient (Wildman–Crippen LogP) is 6.12. The Morgan fingerprint density at radius 3 is 1.96 bits per heavy atom. The Labute approximate surface area is 280 Å². The molecule has 0 radical (unpaired) electrons. The maximum atomic E-state index is 13.1. The van der Waals surface area contributed by atoms with Crippen LogP contribution in [0.15, 0.2) is 45.6 Å². The van der Waals surface area contributed by atoms with Gasteiger partial charge < -0.3 is 44.5 Å². The largest absolute Gasteiger partial charge is 0.508 e. The predicted molar refractivity (Wildman–Crippen MR) is 180 cm³/mol. The van der Waals surface area contributed by atoms with Crippen LogP contribution in [0, 0.1) is 0 Å². The molecule has 6 N–H and O–H groups in total. The average Bonchev–Trinajstić information content (AvgIpc) is 3.06. The minimum atomic E-state index is -1.81. The summed E-state index contributed by atoms with van der Waals surface area (Å²) in [4.78, 5) is 25.5. The molecule has 0 unspecified atom stereocenters. The van der Waals surface area contributed by atoms with Gasteiger partial charge in [0.2, 0.25) is 0 Å². The number of phenolic OH excluding ortho intramolecular Hbond substituents is 3. The number of ether oxygens (including phenoxy) is 2. The van der Waals surface area contributed by atoms with Gasteiger partial charge in [0, 0.05) is 24.1 Å². The molecule has 1 aromatic heterocycles. The van der Waals surface area contributed by atoms with Crippen LogP contribution in [0.1, 0.15) is 108 Å². The second-order valence-corrected chi connectivity index (χ2v) is 12.8. The van der Waals surface area contributed by atoms with Gasteiger partial charge >= 0.3 is 5.97 Å². The summed E-state index contributed by atoms with van der Waals surface area (Å²) in [6, 6.07) is 8.08. The summed E-state index contributed by atoms with van der Waals surface area (Å²) < 4.78 is 16.9. The summed E-state index contributed by atoms with van der Waals surface area (Å²) in [6.07, 6.45) is 7.40. The molecule has 1 aliphatic heterocycles. The highest BCUT2D eigenvalue weighted by atomic mass is 16.6. The summed E-state index contributed by atoms with van der Waals surface area (Å²) in [5.74, 6) is -1.70. The van der Waals surface area contributed by atoms with E-state index in [4.69, 9.17) is 13.9 Å². The monoisotopic (exact) mass is 670 g/mol. The van der Waals surface area contributed by atoms with Crippen LogP contribution in [0.2, 0.25) is 0 Å². The van der Waals surface area contributed by atoms with Crippen LogP contribution in [0.3, 0.4) is 0 Å². The molecule has 264 valence electrons. The van der Waals surface area contributed by atoms with Gasteiger partial charge in [-0.15, -0.1) is 0 Å². The van der Waals surface area contributed by atoms with Crippen molar-refractivity contribution < 1.29 is 49.3 Å². The van der Waals surface area contributed by atoms with Crippen molar-refractivity contribution in [1.82, 2.24) is 0 Å². The number of aromatic hydroxyl groups is 3. The van der Waals surface area contributed by atoms with Gasteiger partial charge in [0.1, 0.15) is 71.1 Å². The van der Waals surface area contributed by atoms with Gasteiger partial charge in [-0.3, -0.25) is 9.59 Å². The number of hydrogen-bond acceptors (Lipinski definition) is 11. The van der Waals surface area contributed by atoms with E-state index in [0.717, 1.165) is 31.4 Å². The number of unbranched alkanes of at least 4 members (excludes halogenated alkanes) is 12. The number of rotatable bonds is 18. The molecule has 4 rings (SSSR count). The third kappa shape index (κ3) is 9.72. The molecule has 0 aliphatic carbocycles. The van der Waals surface area contributed by atoms with Gasteiger partial charge in [-0.2, -0.15) is 0 Å². The molecule has 0 saturated carbocycles. The number of benzene rings is 2. The van der Waals surface area contributed by atoms with Crippen molar-refractivity contribution in [3.63, 3.8) is 0 Å². The average molecular weight is 671 g/mol. The van der Waals surface area contributed by atoms with E-state index in [1.807, 2.05) is 0 Å². The van der Waals surface area contributed by atoms with E-state index in [9.17, 15) is 40.2 Å². The Hall–Kier alpha value is -3.64. The van der Waals surface area contributed by atoms with Crippen molar-refractivity contribution >= 4 is 16.9 Å². The molecule has 0 bridgehead atoms. The third-order valence-electron chi connectivity index (χ3n) is 9.05.